The van der Waals surface area contributed by atoms with Gasteiger partial charge in [-0.3, -0.25) is 4.90 Å². The molecule has 1 aromatic carbocycles. The normalized spacial score (nSPS) is 18.2. The van der Waals surface area contributed by atoms with Crippen LogP contribution in [0, 0.1) is 5.92 Å². The van der Waals surface area contributed by atoms with E-state index < -0.39 is 5.97 Å². The number of aromatic nitrogens is 1. The predicted octanol–water partition coefficient (Wildman–Crippen LogP) is 2.72. The van der Waals surface area contributed by atoms with Crippen LogP contribution < -0.4 is 0 Å². The Labute approximate surface area is 147 Å². The Morgan fingerprint density at radius 1 is 1.40 bits per heavy atom. The van der Waals surface area contributed by atoms with Crippen molar-refractivity contribution in [2.24, 2.45) is 5.92 Å². The average molecular weight is 344 g/mol. The number of rotatable bonds is 6. The molecule has 1 fully saturated rings. The lowest BCUT2D eigenvalue weighted by Gasteiger charge is -2.31. The summed E-state index contributed by atoms with van der Waals surface area (Å²) in [5, 5.41) is 9.40. The van der Waals surface area contributed by atoms with Crippen molar-refractivity contribution < 1.29 is 19.1 Å². The molecule has 6 heteroatoms. The molecule has 1 N–H and O–H groups in total. The topological polar surface area (TPSA) is 75.8 Å². The van der Waals surface area contributed by atoms with Gasteiger partial charge < -0.3 is 14.3 Å². The molecule has 0 saturated carbocycles. The van der Waals surface area contributed by atoms with Crippen LogP contribution in [0.4, 0.5) is 0 Å². The van der Waals surface area contributed by atoms with Gasteiger partial charge in [-0.25, -0.2) is 9.78 Å². The van der Waals surface area contributed by atoms with Crippen LogP contribution in [-0.4, -0.2) is 47.3 Å². The molecule has 1 aliphatic rings. The molecule has 25 heavy (non-hydrogen) atoms. The van der Waals surface area contributed by atoms with Gasteiger partial charge in [-0.1, -0.05) is 18.2 Å². The van der Waals surface area contributed by atoms with E-state index in [1.807, 2.05) is 30.3 Å². The third-order valence-corrected chi connectivity index (χ3v) is 4.42. The summed E-state index contributed by atoms with van der Waals surface area (Å²) in [6.07, 6.45) is 2.06. The lowest BCUT2D eigenvalue weighted by molar-refractivity contribution is 0.0513. The van der Waals surface area contributed by atoms with Crippen molar-refractivity contribution in [3.63, 3.8) is 0 Å². The first kappa shape index (κ1) is 17.6. The second-order valence-electron chi connectivity index (χ2n) is 6.30. The zero-order valence-electron chi connectivity index (χ0n) is 14.5. The summed E-state index contributed by atoms with van der Waals surface area (Å²) in [6.45, 7) is 4.45. The van der Waals surface area contributed by atoms with Crippen LogP contribution in [0.5, 0.6) is 0 Å². The highest BCUT2D eigenvalue weighted by molar-refractivity contribution is 5.89. The summed E-state index contributed by atoms with van der Waals surface area (Å²) in [7, 11) is 0. The van der Waals surface area contributed by atoms with Crippen molar-refractivity contribution in [1.82, 2.24) is 9.88 Å². The zero-order chi connectivity index (χ0) is 17.6. The van der Waals surface area contributed by atoms with Crippen molar-refractivity contribution in [3.8, 4) is 11.5 Å². The van der Waals surface area contributed by atoms with Gasteiger partial charge in [-0.15, -0.1) is 0 Å². The lowest BCUT2D eigenvalue weighted by atomic mass is 9.99. The number of aliphatic hydroxyl groups excluding tert-OH is 1. The molecule has 0 aliphatic carbocycles. The molecule has 134 valence electrons. The maximum Gasteiger partial charge on any atom is 0.360 e. The molecule has 1 unspecified atom stereocenters. The molecule has 1 aromatic heterocycles. The summed E-state index contributed by atoms with van der Waals surface area (Å²) in [5.41, 5.74) is 1.07. The van der Waals surface area contributed by atoms with E-state index in [9.17, 15) is 9.90 Å². The Morgan fingerprint density at radius 2 is 2.20 bits per heavy atom. The van der Waals surface area contributed by atoms with Crippen LogP contribution in [0.25, 0.3) is 11.5 Å². The van der Waals surface area contributed by atoms with Gasteiger partial charge in [-0.05, 0) is 44.4 Å². The van der Waals surface area contributed by atoms with Gasteiger partial charge in [0.1, 0.15) is 0 Å². The fraction of sp³-hybridized carbons (Fsp3) is 0.474. The molecule has 0 bridgehead atoms. The first-order valence-electron chi connectivity index (χ1n) is 8.76. The van der Waals surface area contributed by atoms with E-state index in [0.717, 1.165) is 31.5 Å². The SMILES string of the molecule is CCOC(=O)c1nc(-c2ccccc2)oc1CN1CCCC(CO)C1. The minimum atomic E-state index is -0.459. The number of likely N-dealkylation sites (tertiary alicyclic amines) is 1. The predicted molar refractivity (Wildman–Crippen MR) is 93.0 cm³/mol. The molecular weight excluding hydrogens is 320 g/mol. The van der Waals surface area contributed by atoms with Crippen LogP contribution >= 0.6 is 0 Å². The highest BCUT2D eigenvalue weighted by atomic mass is 16.5. The molecule has 1 aliphatic heterocycles. The van der Waals surface area contributed by atoms with Gasteiger partial charge in [0.2, 0.25) is 5.89 Å². The molecule has 6 nitrogen and oxygen atoms in total. The van der Waals surface area contributed by atoms with Crippen LogP contribution in [0.1, 0.15) is 36.0 Å². The number of piperidine rings is 1. The van der Waals surface area contributed by atoms with Gasteiger partial charge >= 0.3 is 5.97 Å². The van der Waals surface area contributed by atoms with Gasteiger partial charge in [0.05, 0.1) is 13.2 Å². The van der Waals surface area contributed by atoms with Crippen molar-refractivity contribution in [3.05, 3.63) is 41.8 Å². The third kappa shape index (κ3) is 4.27. The number of oxazole rings is 1. The largest absolute Gasteiger partial charge is 0.461 e. The van der Waals surface area contributed by atoms with E-state index >= 15 is 0 Å². The first-order chi connectivity index (χ1) is 12.2. The number of esters is 1. The minimum absolute atomic E-state index is 0.187. The standard InChI is InChI=1S/C19H24N2O4/c1-2-24-19(23)17-16(12-21-10-6-7-14(11-21)13-22)25-18(20-17)15-8-4-3-5-9-15/h3-5,8-9,14,22H,2,6-7,10-13H2,1H3. The molecule has 2 aromatic rings. The second-order valence-corrected chi connectivity index (χ2v) is 6.30. The van der Waals surface area contributed by atoms with Gasteiger partial charge in [0.15, 0.2) is 11.5 Å². The molecule has 0 spiro atoms. The highest BCUT2D eigenvalue weighted by Gasteiger charge is 2.26. The summed E-state index contributed by atoms with van der Waals surface area (Å²) in [6, 6.07) is 9.52. The zero-order valence-corrected chi connectivity index (χ0v) is 14.5. The van der Waals surface area contributed by atoms with Crippen LogP contribution in [0.2, 0.25) is 0 Å². The summed E-state index contributed by atoms with van der Waals surface area (Å²) in [4.78, 5) is 18.9. The van der Waals surface area contributed by atoms with E-state index in [-0.39, 0.29) is 18.2 Å². The number of carbonyl (C=O) groups excluding carboxylic acids is 1. The van der Waals surface area contributed by atoms with E-state index in [4.69, 9.17) is 9.15 Å². The van der Waals surface area contributed by atoms with E-state index in [1.54, 1.807) is 6.92 Å². The highest BCUT2D eigenvalue weighted by Crippen LogP contribution is 2.25. The molecule has 2 heterocycles. The number of ether oxygens (including phenoxy) is 1. The number of hydrogen-bond donors (Lipinski definition) is 1. The van der Waals surface area contributed by atoms with E-state index in [2.05, 4.69) is 9.88 Å². The molecule has 0 radical (unpaired) electrons. The average Bonchev–Trinajstić information content (AvgIpc) is 3.07. The third-order valence-electron chi connectivity index (χ3n) is 4.42. The smallest absolute Gasteiger partial charge is 0.360 e. The fourth-order valence-corrected chi connectivity index (χ4v) is 3.17. The van der Waals surface area contributed by atoms with Gasteiger partial charge in [-0.2, -0.15) is 0 Å². The van der Waals surface area contributed by atoms with Crippen LogP contribution in [0.3, 0.4) is 0 Å². The number of hydrogen-bond acceptors (Lipinski definition) is 6. The number of benzene rings is 1. The monoisotopic (exact) mass is 344 g/mol. The Bertz CT molecular complexity index is 699. The Balaban J connectivity index is 1.85. The summed E-state index contributed by atoms with van der Waals surface area (Å²) in [5.74, 6) is 0.765. The maximum atomic E-state index is 12.3. The maximum absolute atomic E-state index is 12.3. The Hall–Kier alpha value is -2.18. The molecule has 1 atom stereocenters. The Kier molecular flexibility index (Phi) is 5.83. The van der Waals surface area contributed by atoms with Crippen molar-refractivity contribution in [1.29, 1.82) is 0 Å². The minimum Gasteiger partial charge on any atom is -0.461 e. The lowest BCUT2D eigenvalue weighted by Crippen LogP contribution is -2.36. The van der Waals surface area contributed by atoms with Gasteiger partial charge in [0.25, 0.3) is 0 Å². The molecule has 1 saturated heterocycles. The molecule has 0 amide bonds. The van der Waals surface area contributed by atoms with E-state index in [0.29, 0.717) is 24.8 Å². The van der Waals surface area contributed by atoms with Gasteiger partial charge in [0, 0.05) is 18.7 Å². The first-order valence-corrected chi connectivity index (χ1v) is 8.76. The van der Waals surface area contributed by atoms with E-state index in [1.165, 1.54) is 0 Å². The quantitative estimate of drug-likeness (QED) is 0.812. The summed E-state index contributed by atoms with van der Waals surface area (Å²) < 4.78 is 11.1. The van der Waals surface area contributed by atoms with Crippen molar-refractivity contribution >= 4 is 5.97 Å². The fourth-order valence-electron chi connectivity index (χ4n) is 3.17. The molecule has 3 rings (SSSR count). The molecular formula is C19H24N2O4. The number of nitrogens with zero attached hydrogens (tertiary/aromatic N) is 2. The number of carbonyl (C=O) groups is 1. The van der Waals surface area contributed by atoms with Crippen LogP contribution in [0.15, 0.2) is 34.7 Å². The summed E-state index contributed by atoms with van der Waals surface area (Å²) >= 11 is 0. The Morgan fingerprint density at radius 3 is 2.92 bits per heavy atom. The van der Waals surface area contributed by atoms with Crippen molar-refractivity contribution in [2.75, 3.05) is 26.3 Å². The van der Waals surface area contributed by atoms with Crippen LogP contribution in [-0.2, 0) is 11.3 Å². The second kappa shape index (κ2) is 8.27. The van der Waals surface area contributed by atoms with Crippen molar-refractivity contribution in [2.45, 2.75) is 26.3 Å². The number of aliphatic hydroxyl groups is 1.